The highest BCUT2D eigenvalue weighted by molar-refractivity contribution is 7.26. The van der Waals surface area contributed by atoms with Gasteiger partial charge in [-0.15, -0.1) is 11.3 Å². The number of nitrogens with zero attached hydrogens (tertiary/aromatic N) is 6. The summed E-state index contributed by atoms with van der Waals surface area (Å²) < 4.78 is 18.7. The smallest absolute Gasteiger partial charge is 0.159 e. The Hall–Kier alpha value is -11.2. The molecule has 0 bridgehead atoms. The van der Waals surface area contributed by atoms with Crippen molar-refractivity contribution >= 4 is 141 Å². The van der Waals surface area contributed by atoms with Crippen molar-refractivity contribution in [3.63, 3.8) is 0 Å². The van der Waals surface area contributed by atoms with Crippen LogP contribution in [0.25, 0.3) is 158 Å². The molecular formula is C75H42N6OS. The van der Waals surface area contributed by atoms with Crippen molar-refractivity contribution in [3.8, 4) is 40.3 Å². The molecule has 18 rings (SSSR count). The van der Waals surface area contributed by atoms with Gasteiger partial charge in [-0.3, -0.25) is 0 Å². The SMILES string of the molecule is N#Cc1c(Cn2c3ccc(-c4cccc5sc6ccccc6c45)cc3c3ccc4c5ccccc5oc4c32)c(-n2c3ccccc3c3ccccc32)c(C#N)c(-n2c3ccccc3c3ccccc32)c1-n1c2ccccc2c2ccccc21. The van der Waals surface area contributed by atoms with E-state index in [1.807, 2.05) is 23.5 Å². The molecule has 0 spiro atoms. The van der Waals surface area contributed by atoms with Gasteiger partial charge in [0.1, 0.15) is 23.3 Å². The number of fused-ring (bicyclic) bond motifs is 19. The second kappa shape index (κ2) is 17.2. The average Bonchev–Trinajstić information content (AvgIpc) is 2.78. The van der Waals surface area contributed by atoms with Crippen LogP contribution in [0.15, 0.2) is 247 Å². The van der Waals surface area contributed by atoms with Crippen LogP contribution in [0.4, 0.5) is 0 Å². The molecule has 0 aliphatic carbocycles. The van der Waals surface area contributed by atoms with Crippen molar-refractivity contribution in [3.05, 3.63) is 259 Å². The lowest BCUT2D eigenvalue weighted by atomic mass is 9.95. The third-order valence-corrected chi connectivity index (χ3v) is 18.7. The highest BCUT2D eigenvalue weighted by atomic mass is 32.1. The molecule has 0 amide bonds. The first-order chi connectivity index (χ1) is 41.1. The third kappa shape index (κ3) is 6.19. The fraction of sp³-hybridized carbons (Fsp3) is 0.0133. The highest BCUT2D eigenvalue weighted by Crippen LogP contribution is 2.49. The Morgan fingerprint density at radius 1 is 0.361 bits per heavy atom. The molecule has 7 nitrogen and oxygen atoms in total. The molecule has 0 saturated heterocycles. The van der Waals surface area contributed by atoms with Crippen LogP contribution < -0.4 is 0 Å². The molecule has 0 atom stereocenters. The second-order valence-corrected chi connectivity index (χ2v) is 22.7. The van der Waals surface area contributed by atoms with Crippen LogP contribution in [0.1, 0.15) is 16.7 Å². The van der Waals surface area contributed by atoms with Crippen LogP contribution in [0.3, 0.4) is 0 Å². The predicted octanol–water partition coefficient (Wildman–Crippen LogP) is 19.8. The van der Waals surface area contributed by atoms with Crippen molar-refractivity contribution in [1.29, 1.82) is 10.5 Å². The molecule has 0 radical (unpaired) electrons. The van der Waals surface area contributed by atoms with E-state index in [0.29, 0.717) is 33.8 Å². The van der Waals surface area contributed by atoms with Crippen molar-refractivity contribution in [2.75, 3.05) is 0 Å². The van der Waals surface area contributed by atoms with Gasteiger partial charge in [-0.2, -0.15) is 10.5 Å². The van der Waals surface area contributed by atoms with Gasteiger partial charge in [0.05, 0.1) is 67.8 Å². The summed E-state index contributed by atoms with van der Waals surface area (Å²) >= 11 is 1.82. The minimum atomic E-state index is 0.186. The minimum Gasteiger partial charge on any atom is -0.454 e. The van der Waals surface area contributed by atoms with E-state index in [0.717, 1.165) is 115 Å². The monoisotopic (exact) mass is 1070 g/mol. The molecule has 0 fully saturated rings. The van der Waals surface area contributed by atoms with E-state index in [2.05, 4.69) is 261 Å². The first-order valence-corrected chi connectivity index (χ1v) is 28.7. The first-order valence-electron chi connectivity index (χ1n) is 27.9. The van der Waals surface area contributed by atoms with E-state index in [1.54, 1.807) is 0 Å². The molecule has 8 heteroatoms. The van der Waals surface area contributed by atoms with Crippen LogP contribution in [-0.4, -0.2) is 18.3 Å². The lowest BCUT2D eigenvalue weighted by Crippen LogP contribution is -2.17. The van der Waals surface area contributed by atoms with Crippen LogP contribution in [0, 0.1) is 22.7 Å². The standard InChI is InChI=1S/C75H42N6OS/c76-41-57-59(43-78-60-39-36-44(45-26-17-35-69-70(45)55-25-8-16-34-68(55)83-69)40-56(60)53-37-38-54-52-24-7-15-33-67(52)82-75(54)74(53)78)71(79-61-27-9-1-18-46(61)47-19-2-10-28-62(47)79)58(42-77)73(81-65-31-13-5-22-50(65)51-23-6-14-32-66(51)81)72(57)80-63-29-11-3-20-48(63)49-21-4-12-30-64(49)80/h1-40H,43H2. The molecule has 6 aromatic heterocycles. The number of thiophene rings is 1. The lowest BCUT2D eigenvalue weighted by molar-refractivity contribution is 0.669. The summed E-state index contributed by atoms with van der Waals surface area (Å²) in [6.07, 6.45) is 0. The van der Waals surface area contributed by atoms with Crippen molar-refractivity contribution in [2.45, 2.75) is 6.54 Å². The predicted molar refractivity (Wildman–Crippen MR) is 343 cm³/mol. The third-order valence-electron chi connectivity index (χ3n) is 17.6. The Morgan fingerprint density at radius 3 is 1.37 bits per heavy atom. The van der Waals surface area contributed by atoms with E-state index in [1.165, 1.54) is 25.7 Å². The normalized spacial score (nSPS) is 12.1. The largest absolute Gasteiger partial charge is 0.454 e. The Balaban J connectivity index is 1.05. The van der Waals surface area contributed by atoms with E-state index >= 15 is 0 Å². The maximum Gasteiger partial charge on any atom is 0.159 e. The summed E-state index contributed by atoms with van der Waals surface area (Å²) in [6, 6.07) is 91.4. The quantitative estimate of drug-likeness (QED) is 0.166. The summed E-state index contributed by atoms with van der Waals surface area (Å²) in [5.74, 6) is 0. The number of benzene rings is 12. The molecule has 83 heavy (non-hydrogen) atoms. The number of rotatable bonds is 6. The van der Waals surface area contributed by atoms with Crippen LogP contribution in [-0.2, 0) is 6.54 Å². The summed E-state index contributed by atoms with van der Waals surface area (Å²) in [6.45, 7) is 0.186. The zero-order chi connectivity index (χ0) is 54.6. The topological polar surface area (TPSA) is 80.4 Å². The van der Waals surface area contributed by atoms with E-state index in [9.17, 15) is 10.5 Å². The minimum absolute atomic E-state index is 0.186. The molecule has 0 unspecified atom stereocenters. The van der Waals surface area contributed by atoms with Crippen LogP contribution in [0.5, 0.6) is 0 Å². The van der Waals surface area contributed by atoms with Gasteiger partial charge in [0.2, 0.25) is 0 Å². The number of para-hydroxylation sites is 7. The Morgan fingerprint density at radius 2 is 0.819 bits per heavy atom. The molecular weight excluding hydrogens is 1030 g/mol. The Kier molecular flexibility index (Phi) is 9.45. The molecule has 0 N–H and O–H groups in total. The van der Waals surface area contributed by atoms with E-state index < -0.39 is 0 Å². The van der Waals surface area contributed by atoms with Gasteiger partial charge >= 0.3 is 0 Å². The molecule has 12 aromatic carbocycles. The van der Waals surface area contributed by atoms with Crippen LogP contribution in [0.2, 0.25) is 0 Å². The van der Waals surface area contributed by atoms with Gasteiger partial charge in [-0.25, -0.2) is 0 Å². The van der Waals surface area contributed by atoms with Gasteiger partial charge < -0.3 is 22.7 Å². The number of hydrogen-bond acceptors (Lipinski definition) is 4. The van der Waals surface area contributed by atoms with Crippen molar-refractivity contribution in [2.24, 2.45) is 0 Å². The fourth-order valence-corrected chi connectivity index (χ4v) is 15.3. The highest BCUT2D eigenvalue weighted by Gasteiger charge is 2.34. The number of furan rings is 1. The second-order valence-electron chi connectivity index (χ2n) is 21.6. The van der Waals surface area contributed by atoms with Gasteiger partial charge in [0.25, 0.3) is 0 Å². The molecule has 0 aliphatic rings. The number of aromatic nitrogens is 4. The molecule has 18 aromatic rings. The lowest BCUT2D eigenvalue weighted by Gasteiger charge is -2.26. The van der Waals surface area contributed by atoms with E-state index in [4.69, 9.17) is 4.42 Å². The van der Waals surface area contributed by atoms with E-state index in [-0.39, 0.29) is 6.54 Å². The molecule has 384 valence electrons. The summed E-state index contributed by atoms with van der Waals surface area (Å²) in [5, 5.41) is 38.3. The zero-order valence-corrected chi connectivity index (χ0v) is 45.1. The molecule has 0 saturated carbocycles. The van der Waals surface area contributed by atoms with Gasteiger partial charge in [-0.1, -0.05) is 170 Å². The number of hydrogen-bond donors (Lipinski definition) is 0. The van der Waals surface area contributed by atoms with Gasteiger partial charge in [0, 0.05) is 85.1 Å². The Labute approximate surface area is 477 Å². The van der Waals surface area contributed by atoms with Crippen molar-refractivity contribution in [1.82, 2.24) is 18.3 Å². The average molecular weight is 1080 g/mol. The molecule has 0 aliphatic heterocycles. The number of nitriles is 2. The summed E-state index contributed by atoms with van der Waals surface area (Å²) in [7, 11) is 0. The maximum absolute atomic E-state index is 12.7. The van der Waals surface area contributed by atoms with Crippen molar-refractivity contribution < 1.29 is 4.42 Å². The van der Waals surface area contributed by atoms with Crippen LogP contribution >= 0.6 is 11.3 Å². The van der Waals surface area contributed by atoms with Gasteiger partial charge in [-0.05, 0) is 83.9 Å². The fourth-order valence-electron chi connectivity index (χ4n) is 14.2. The first kappa shape index (κ1) is 45.7. The Bertz CT molecular complexity index is 5800. The maximum atomic E-state index is 12.7. The van der Waals surface area contributed by atoms with Gasteiger partial charge in [0.15, 0.2) is 5.58 Å². The zero-order valence-electron chi connectivity index (χ0n) is 44.3. The summed E-state index contributed by atoms with van der Waals surface area (Å²) in [4.78, 5) is 0. The summed E-state index contributed by atoms with van der Waals surface area (Å²) in [5.41, 5.74) is 14.7. The molecule has 6 heterocycles.